The molecule has 1 aromatic carbocycles. The smallest absolute Gasteiger partial charge is 0.307 e. The number of methoxy groups -OCH3 is 1. The van der Waals surface area contributed by atoms with Gasteiger partial charge in [-0.3, -0.25) is 4.79 Å². The third kappa shape index (κ3) is 2.57. The molecule has 0 heterocycles. The molecule has 1 N–H and O–H groups in total. The Morgan fingerprint density at radius 1 is 1.50 bits per heavy atom. The largest absolute Gasteiger partial charge is 0.481 e. The highest BCUT2D eigenvalue weighted by molar-refractivity contribution is 5.70. The van der Waals surface area contributed by atoms with Crippen molar-refractivity contribution >= 4 is 5.97 Å². The molecule has 0 saturated carbocycles. The van der Waals surface area contributed by atoms with Crippen LogP contribution in [0.2, 0.25) is 0 Å². The Bertz CT molecular complexity index is 320. The summed E-state index contributed by atoms with van der Waals surface area (Å²) in [6, 6.07) is 7.44. The van der Waals surface area contributed by atoms with E-state index in [1.807, 2.05) is 31.2 Å². The van der Waals surface area contributed by atoms with Crippen molar-refractivity contribution in [2.24, 2.45) is 0 Å². The molecule has 0 saturated heterocycles. The Hall–Kier alpha value is -1.35. The molecule has 1 atom stereocenters. The third-order valence-electron chi connectivity index (χ3n) is 2.19. The molecule has 0 spiro atoms. The van der Waals surface area contributed by atoms with Crippen molar-refractivity contribution in [2.45, 2.75) is 19.4 Å². The van der Waals surface area contributed by atoms with Gasteiger partial charge in [0.15, 0.2) is 0 Å². The second-order valence-electron chi connectivity index (χ2n) is 3.15. The standard InChI is InChI=1S/C11H14O3/c1-8(14-2)10-6-4-3-5-9(10)7-11(12)13/h3-6,8H,7H2,1-2H3,(H,12,13). The lowest BCUT2D eigenvalue weighted by Gasteiger charge is -2.13. The van der Waals surface area contributed by atoms with Gasteiger partial charge in [-0.25, -0.2) is 0 Å². The van der Waals surface area contributed by atoms with E-state index in [1.165, 1.54) is 0 Å². The van der Waals surface area contributed by atoms with E-state index in [0.717, 1.165) is 11.1 Å². The first kappa shape index (κ1) is 10.7. The van der Waals surface area contributed by atoms with Crippen molar-refractivity contribution in [3.63, 3.8) is 0 Å². The Labute approximate surface area is 83.3 Å². The number of carboxylic acid groups (broad SMARTS) is 1. The number of aliphatic carboxylic acids is 1. The molecule has 1 unspecified atom stereocenters. The summed E-state index contributed by atoms with van der Waals surface area (Å²) in [5.41, 5.74) is 1.76. The van der Waals surface area contributed by atoms with E-state index in [0.29, 0.717) is 0 Å². The van der Waals surface area contributed by atoms with Crippen molar-refractivity contribution in [1.29, 1.82) is 0 Å². The zero-order chi connectivity index (χ0) is 10.6. The maximum absolute atomic E-state index is 10.6. The molecule has 0 radical (unpaired) electrons. The number of benzene rings is 1. The summed E-state index contributed by atoms with van der Waals surface area (Å²) in [5.74, 6) is -0.819. The van der Waals surface area contributed by atoms with E-state index in [-0.39, 0.29) is 12.5 Å². The molecule has 0 fully saturated rings. The van der Waals surface area contributed by atoms with E-state index in [2.05, 4.69) is 0 Å². The Kier molecular flexibility index (Phi) is 3.65. The van der Waals surface area contributed by atoms with Gasteiger partial charge in [0, 0.05) is 7.11 Å². The summed E-state index contributed by atoms with van der Waals surface area (Å²) < 4.78 is 5.17. The van der Waals surface area contributed by atoms with Gasteiger partial charge in [-0.2, -0.15) is 0 Å². The maximum atomic E-state index is 10.6. The zero-order valence-corrected chi connectivity index (χ0v) is 8.36. The highest BCUT2D eigenvalue weighted by Crippen LogP contribution is 2.20. The molecule has 0 bridgehead atoms. The van der Waals surface area contributed by atoms with Gasteiger partial charge in [-0.15, -0.1) is 0 Å². The van der Waals surface area contributed by atoms with Crippen LogP contribution in [0, 0.1) is 0 Å². The first-order valence-corrected chi connectivity index (χ1v) is 4.47. The predicted molar refractivity (Wildman–Crippen MR) is 53.2 cm³/mol. The van der Waals surface area contributed by atoms with Crippen LogP contribution in [-0.2, 0) is 16.0 Å². The lowest BCUT2D eigenvalue weighted by Crippen LogP contribution is -2.06. The Morgan fingerprint density at radius 2 is 2.14 bits per heavy atom. The average molecular weight is 194 g/mol. The van der Waals surface area contributed by atoms with Crippen LogP contribution in [0.3, 0.4) is 0 Å². The fraction of sp³-hybridized carbons (Fsp3) is 0.364. The number of hydrogen-bond donors (Lipinski definition) is 1. The molecule has 0 amide bonds. The summed E-state index contributed by atoms with van der Waals surface area (Å²) in [6.45, 7) is 1.90. The normalized spacial score (nSPS) is 12.4. The minimum absolute atomic E-state index is 0.0455. The molecule has 0 aliphatic heterocycles. The number of carboxylic acids is 1. The van der Waals surface area contributed by atoms with E-state index >= 15 is 0 Å². The molecule has 0 aliphatic rings. The van der Waals surface area contributed by atoms with Crippen molar-refractivity contribution < 1.29 is 14.6 Å². The quantitative estimate of drug-likeness (QED) is 0.797. The van der Waals surface area contributed by atoms with Crippen LogP contribution in [0.5, 0.6) is 0 Å². The minimum Gasteiger partial charge on any atom is -0.481 e. The van der Waals surface area contributed by atoms with Crippen molar-refractivity contribution in [1.82, 2.24) is 0 Å². The van der Waals surface area contributed by atoms with Gasteiger partial charge in [-0.05, 0) is 18.1 Å². The maximum Gasteiger partial charge on any atom is 0.307 e. The van der Waals surface area contributed by atoms with E-state index in [1.54, 1.807) is 7.11 Å². The van der Waals surface area contributed by atoms with Crippen LogP contribution in [0.15, 0.2) is 24.3 Å². The Balaban J connectivity index is 2.96. The molecular weight excluding hydrogens is 180 g/mol. The first-order chi connectivity index (χ1) is 6.65. The van der Waals surface area contributed by atoms with E-state index in [9.17, 15) is 4.79 Å². The SMILES string of the molecule is COC(C)c1ccccc1CC(=O)O. The molecule has 76 valence electrons. The fourth-order valence-corrected chi connectivity index (χ4v) is 1.38. The topological polar surface area (TPSA) is 46.5 Å². The third-order valence-corrected chi connectivity index (χ3v) is 2.19. The molecule has 1 rings (SSSR count). The fourth-order valence-electron chi connectivity index (χ4n) is 1.38. The van der Waals surface area contributed by atoms with E-state index < -0.39 is 5.97 Å². The highest BCUT2D eigenvalue weighted by Gasteiger charge is 2.11. The van der Waals surface area contributed by atoms with Gasteiger partial charge in [0.05, 0.1) is 12.5 Å². The lowest BCUT2D eigenvalue weighted by atomic mass is 10.0. The van der Waals surface area contributed by atoms with Gasteiger partial charge in [0.1, 0.15) is 0 Å². The minimum atomic E-state index is -0.819. The van der Waals surface area contributed by atoms with E-state index in [4.69, 9.17) is 9.84 Å². The summed E-state index contributed by atoms with van der Waals surface area (Å²) in [5, 5.41) is 8.71. The molecule has 1 aromatic rings. The molecule has 3 nitrogen and oxygen atoms in total. The van der Waals surface area contributed by atoms with Crippen LogP contribution in [0.25, 0.3) is 0 Å². The highest BCUT2D eigenvalue weighted by atomic mass is 16.5. The predicted octanol–water partition coefficient (Wildman–Crippen LogP) is 2.02. The Morgan fingerprint density at radius 3 is 2.71 bits per heavy atom. The summed E-state index contributed by atoms with van der Waals surface area (Å²) in [7, 11) is 1.61. The van der Waals surface area contributed by atoms with Gasteiger partial charge >= 0.3 is 5.97 Å². The number of hydrogen-bond acceptors (Lipinski definition) is 2. The van der Waals surface area contributed by atoms with Crippen molar-refractivity contribution in [3.8, 4) is 0 Å². The van der Waals surface area contributed by atoms with Crippen LogP contribution in [0.4, 0.5) is 0 Å². The lowest BCUT2D eigenvalue weighted by molar-refractivity contribution is -0.136. The second kappa shape index (κ2) is 4.77. The first-order valence-electron chi connectivity index (χ1n) is 4.47. The van der Waals surface area contributed by atoms with Gasteiger partial charge in [-0.1, -0.05) is 24.3 Å². The van der Waals surface area contributed by atoms with Crippen LogP contribution < -0.4 is 0 Å². The van der Waals surface area contributed by atoms with Crippen LogP contribution in [-0.4, -0.2) is 18.2 Å². The van der Waals surface area contributed by atoms with Gasteiger partial charge in [0.2, 0.25) is 0 Å². The van der Waals surface area contributed by atoms with Gasteiger partial charge in [0.25, 0.3) is 0 Å². The molecule has 3 heteroatoms. The van der Waals surface area contributed by atoms with Crippen molar-refractivity contribution in [3.05, 3.63) is 35.4 Å². The monoisotopic (exact) mass is 194 g/mol. The van der Waals surface area contributed by atoms with Crippen LogP contribution >= 0.6 is 0 Å². The zero-order valence-electron chi connectivity index (χ0n) is 8.36. The number of rotatable bonds is 4. The molecule has 0 aromatic heterocycles. The van der Waals surface area contributed by atoms with Crippen molar-refractivity contribution in [2.75, 3.05) is 7.11 Å². The number of carbonyl (C=O) groups is 1. The molecule has 14 heavy (non-hydrogen) atoms. The second-order valence-corrected chi connectivity index (χ2v) is 3.15. The summed E-state index contributed by atoms with van der Waals surface area (Å²) in [6.07, 6.45) is -0.0188. The number of ether oxygens (including phenoxy) is 1. The van der Waals surface area contributed by atoms with Crippen LogP contribution in [0.1, 0.15) is 24.2 Å². The van der Waals surface area contributed by atoms with Gasteiger partial charge < -0.3 is 9.84 Å². The summed E-state index contributed by atoms with van der Waals surface area (Å²) in [4.78, 5) is 10.6. The average Bonchev–Trinajstić information content (AvgIpc) is 2.16. The summed E-state index contributed by atoms with van der Waals surface area (Å²) >= 11 is 0. The molecular formula is C11H14O3. The molecule has 0 aliphatic carbocycles.